The quantitative estimate of drug-likeness (QED) is 0.681. The standard InChI is InChI=1S/C19H30N4O5S/c1-15(2)14-28-19(25)23-10-3-9-22(12-13-23)11-8-18(24)21-16-4-6-17(7-5-16)29(20,26)27/h4-7,15H,3,8-14H2,1-2H3,(H,21,24)(H2,20,26,27). The lowest BCUT2D eigenvalue weighted by Crippen LogP contribution is -2.36. The molecule has 0 spiro atoms. The van der Waals surface area contributed by atoms with Crippen molar-refractivity contribution < 1.29 is 22.7 Å². The van der Waals surface area contributed by atoms with E-state index in [2.05, 4.69) is 10.2 Å². The Morgan fingerprint density at radius 2 is 1.83 bits per heavy atom. The van der Waals surface area contributed by atoms with Crippen LogP contribution in [-0.2, 0) is 19.6 Å². The van der Waals surface area contributed by atoms with Crippen LogP contribution < -0.4 is 10.5 Å². The Morgan fingerprint density at radius 3 is 2.45 bits per heavy atom. The van der Waals surface area contributed by atoms with Crippen LogP contribution in [0.5, 0.6) is 0 Å². The van der Waals surface area contributed by atoms with Gasteiger partial charge >= 0.3 is 6.09 Å². The molecular formula is C19H30N4O5S. The van der Waals surface area contributed by atoms with Crippen LogP contribution in [0.3, 0.4) is 0 Å². The number of hydrogen-bond acceptors (Lipinski definition) is 6. The third-order valence-electron chi connectivity index (χ3n) is 4.51. The number of anilines is 1. The minimum absolute atomic E-state index is 0.00320. The molecule has 10 heteroatoms. The summed E-state index contributed by atoms with van der Waals surface area (Å²) in [5, 5.41) is 7.80. The zero-order chi connectivity index (χ0) is 21.4. The van der Waals surface area contributed by atoms with Gasteiger partial charge in [-0.2, -0.15) is 0 Å². The fourth-order valence-corrected chi connectivity index (χ4v) is 3.43. The Kier molecular flexibility index (Phi) is 8.42. The maximum atomic E-state index is 12.2. The number of benzene rings is 1. The molecule has 1 fully saturated rings. The van der Waals surface area contributed by atoms with E-state index in [9.17, 15) is 18.0 Å². The van der Waals surface area contributed by atoms with Crippen molar-refractivity contribution in [2.45, 2.75) is 31.6 Å². The molecule has 2 amide bonds. The number of ether oxygens (including phenoxy) is 1. The van der Waals surface area contributed by atoms with Crippen LogP contribution in [0.15, 0.2) is 29.2 Å². The second-order valence-corrected chi connectivity index (χ2v) is 9.08. The predicted octanol–water partition coefficient (Wildman–Crippen LogP) is 1.46. The molecule has 2 rings (SSSR count). The summed E-state index contributed by atoms with van der Waals surface area (Å²) in [4.78, 5) is 28.1. The number of primary sulfonamides is 1. The second-order valence-electron chi connectivity index (χ2n) is 7.52. The summed E-state index contributed by atoms with van der Waals surface area (Å²) in [5.74, 6) is 0.141. The van der Waals surface area contributed by atoms with Gasteiger partial charge < -0.3 is 19.9 Å². The van der Waals surface area contributed by atoms with Crippen LogP contribution in [0.25, 0.3) is 0 Å². The lowest BCUT2D eigenvalue weighted by molar-refractivity contribution is -0.116. The molecule has 0 unspecified atom stereocenters. The number of hydrogen-bond donors (Lipinski definition) is 2. The van der Waals surface area contributed by atoms with Crippen molar-refractivity contribution in [1.29, 1.82) is 0 Å². The number of nitrogens with two attached hydrogens (primary N) is 1. The van der Waals surface area contributed by atoms with Crippen LogP contribution in [0, 0.1) is 5.92 Å². The highest BCUT2D eigenvalue weighted by atomic mass is 32.2. The molecule has 3 N–H and O–H groups in total. The molecule has 0 aliphatic carbocycles. The first-order valence-electron chi connectivity index (χ1n) is 9.72. The van der Waals surface area contributed by atoms with Crippen molar-refractivity contribution >= 4 is 27.7 Å². The Bertz CT molecular complexity index is 795. The van der Waals surface area contributed by atoms with E-state index in [1.807, 2.05) is 13.8 Å². The van der Waals surface area contributed by atoms with Crippen LogP contribution in [0.4, 0.5) is 10.5 Å². The number of carbonyl (C=O) groups excluding carboxylic acids is 2. The molecule has 0 saturated carbocycles. The molecule has 0 aromatic heterocycles. The third-order valence-corrected chi connectivity index (χ3v) is 5.44. The van der Waals surface area contributed by atoms with Crippen molar-refractivity contribution in [2.75, 3.05) is 44.6 Å². The molecule has 1 heterocycles. The molecular weight excluding hydrogens is 396 g/mol. The molecule has 29 heavy (non-hydrogen) atoms. The van der Waals surface area contributed by atoms with Crippen molar-refractivity contribution in [2.24, 2.45) is 11.1 Å². The average molecular weight is 427 g/mol. The molecule has 0 bridgehead atoms. The van der Waals surface area contributed by atoms with Crippen LogP contribution in [0.2, 0.25) is 0 Å². The van der Waals surface area contributed by atoms with Crippen LogP contribution in [0.1, 0.15) is 26.7 Å². The molecule has 1 aromatic carbocycles. The van der Waals surface area contributed by atoms with Gasteiger partial charge in [-0.3, -0.25) is 4.79 Å². The minimum atomic E-state index is -3.75. The van der Waals surface area contributed by atoms with Crippen molar-refractivity contribution in [3.63, 3.8) is 0 Å². The van der Waals surface area contributed by atoms with Gasteiger partial charge in [0.1, 0.15) is 0 Å². The number of sulfonamides is 1. The van der Waals surface area contributed by atoms with Gasteiger partial charge in [0.05, 0.1) is 11.5 Å². The van der Waals surface area contributed by atoms with E-state index in [1.165, 1.54) is 24.3 Å². The number of rotatable bonds is 7. The molecule has 9 nitrogen and oxygen atoms in total. The highest BCUT2D eigenvalue weighted by molar-refractivity contribution is 7.89. The smallest absolute Gasteiger partial charge is 0.409 e. The van der Waals surface area contributed by atoms with Crippen molar-refractivity contribution in [3.05, 3.63) is 24.3 Å². The lowest BCUT2D eigenvalue weighted by Gasteiger charge is -2.22. The zero-order valence-electron chi connectivity index (χ0n) is 17.0. The summed E-state index contributed by atoms with van der Waals surface area (Å²) < 4.78 is 27.8. The monoisotopic (exact) mass is 426 g/mol. The normalized spacial score (nSPS) is 15.8. The Morgan fingerprint density at radius 1 is 1.14 bits per heavy atom. The van der Waals surface area contributed by atoms with Gasteiger partial charge in [-0.1, -0.05) is 13.8 Å². The fourth-order valence-electron chi connectivity index (χ4n) is 2.92. The number of nitrogens with one attached hydrogen (secondary N) is 1. The topological polar surface area (TPSA) is 122 Å². The van der Waals surface area contributed by atoms with Gasteiger partial charge in [0.2, 0.25) is 15.9 Å². The summed E-state index contributed by atoms with van der Waals surface area (Å²) in [7, 11) is -3.75. The van der Waals surface area contributed by atoms with Crippen LogP contribution >= 0.6 is 0 Å². The van der Waals surface area contributed by atoms with Gasteiger partial charge in [0.15, 0.2) is 0 Å². The molecule has 162 valence electrons. The number of nitrogens with zero attached hydrogens (tertiary/aromatic N) is 2. The average Bonchev–Trinajstić information content (AvgIpc) is 2.90. The summed E-state index contributed by atoms with van der Waals surface area (Å²) in [6, 6.07) is 5.72. The van der Waals surface area contributed by atoms with E-state index in [-0.39, 0.29) is 16.9 Å². The van der Waals surface area contributed by atoms with E-state index in [0.29, 0.717) is 50.8 Å². The largest absolute Gasteiger partial charge is 0.449 e. The predicted molar refractivity (Wildman–Crippen MR) is 110 cm³/mol. The van der Waals surface area contributed by atoms with Crippen molar-refractivity contribution in [1.82, 2.24) is 9.80 Å². The molecule has 1 saturated heterocycles. The molecule has 1 aliphatic rings. The van der Waals surface area contributed by atoms with Gasteiger partial charge in [0, 0.05) is 38.3 Å². The van der Waals surface area contributed by atoms with E-state index >= 15 is 0 Å². The summed E-state index contributed by atoms with van der Waals surface area (Å²) in [6.07, 6.45) is 0.851. The van der Waals surface area contributed by atoms with Gasteiger partial charge in [-0.25, -0.2) is 18.4 Å². The first kappa shape index (κ1) is 23.1. The van der Waals surface area contributed by atoms with Crippen LogP contribution in [-0.4, -0.2) is 69.5 Å². The lowest BCUT2D eigenvalue weighted by atomic mass is 10.2. The Labute approximate surface area is 172 Å². The summed E-state index contributed by atoms with van der Waals surface area (Å²) in [5.41, 5.74) is 0.511. The maximum Gasteiger partial charge on any atom is 0.409 e. The molecule has 1 aromatic rings. The Hall–Kier alpha value is -2.17. The first-order chi connectivity index (χ1) is 13.6. The minimum Gasteiger partial charge on any atom is -0.449 e. The highest BCUT2D eigenvalue weighted by Gasteiger charge is 2.20. The van der Waals surface area contributed by atoms with Crippen molar-refractivity contribution in [3.8, 4) is 0 Å². The second kappa shape index (κ2) is 10.6. The van der Waals surface area contributed by atoms with E-state index in [0.717, 1.165) is 13.0 Å². The SMILES string of the molecule is CC(C)COC(=O)N1CCCN(CCC(=O)Nc2ccc(S(N)(=O)=O)cc2)CC1. The van der Waals surface area contributed by atoms with Gasteiger partial charge in [-0.05, 0) is 43.1 Å². The zero-order valence-corrected chi connectivity index (χ0v) is 17.8. The van der Waals surface area contributed by atoms with E-state index in [1.54, 1.807) is 4.90 Å². The fraction of sp³-hybridized carbons (Fsp3) is 0.579. The van der Waals surface area contributed by atoms with Gasteiger partial charge in [-0.15, -0.1) is 0 Å². The van der Waals surface area contributed by atoms with Gasteiger partial charge in [0.25, 0.3) is 0 Å². The highest BCUT2D eigenvalue weighted by Crippen LogP contribution is 2.13. The third kappa shape index (κ3) is 8.00. The molecule has 0 radical (unpaired) electrons. The number of amides is 2. The first-order valence-corrected chi connectivity index (χ1v) is 11.3. The maximum absolute atomic E-state index is 12.2. The van der Waals surface area contributed by atoms with E-state index < -0.39 is 10.0 Å². The molecule has 0 atom stereocenters. The van der Waals surface area contributed by atoms with E-state index in [4.69, 9.17) is 9.88 Å². The molecule has 1 aliphatic heterocycles. The summed E-state index contributed by atoms with van der Waals surface area (Å²) >= 11 is 0. The summed E-state index contributed by atoms with van der Waals surface area (Å²) in [6.45, 7) is 7.71. The Balaban J connectivity index is 1.75. The number of carbonyl (C=O) groups is 2.